The minimum atomic E-state index is 0.0876. The first-order valence-electron chi connectivity index (χ1n) is 10.2. The van der Waals surface area contributed by atoms with Crippen molar-refractivity contribution in [2.24, 2.45) is 11.8 Å². The lowest BCUT2D eigenvalue weighted by Crippen LogP contribution is -2.41. The standard InChI is InChI=1S/C22H30N4O2/c1-4-17-5-7-19(8-6-17)28-21-13-20(24-15-25-21)26-11-9-18(10-12-26)22(27)23-14-16(2)3/h5-8,13,15-16,18H,4,9-12,14H2,1-3H3,(H,23,27). The number of hydrogen-bond acceptors (Lipinski definition) is 5. The Balaban J connectivity index is 1.56. The Labute approximate surface area is 167 Å². The van der Waals surface area contributed by atoms with E-state index >= 15 is 0 Å². The first-order valence-corrected chi connectivity index (χ1v) is 10.2. The van der Waals surface area contributed by atoms with Crippen LogP contribution in [0.5, 0.6) is 11.6 Å². The number of benzene rings is 1. The summed E-state index contributed by atoms with van der Waals surface area (Å²) in [4.78, 5) is 23.1. The molecule has 1 aliphatic heterocycles. The average molecular weight is 383 g/mol. The van der Waals surface area contributed by atoms with E-state index in [1.807, 2.05) is 18.2 Å². The van der Waals surface area contributed by atoms with E-state index in [2.05, 4.69) is 53.1 Å². The molecule has 1 saturated heterocycles. The third-order valence-electron chi connectivity index (χ3n) is 5.06. The van der Waals surface area contributed by atoms with Crippen LogP contribution in [-0.2, 0) is 11.2 Å². The highest BCUT2D eigenvalue weighted by atomic mass is 16.5. The van der Waals surface area contributed by atoms with Gasteiger partial charge in [-0.3, -0.25) is 4.79 Å². The molecule has 1 aromatic heterocycles. The Bertz CT molecular complexity index is 768. The SMILES string of the molecule is CCc1ccc(Oc2cc(N3CCC(C(=O)NCC(C)C)CC3)ncn2)cc1. The van der Waals surface area contributed by atoms with Gasteiger partial charge in [-0.25, -0.2) is 9.97 Å². The fourth-order valence-corrected chi connectivity index (χ4v) is 3.29. The normalized spacial score (nSPS) is 14.9. The van der Waals surface area contributed by atoms with Crippen molar-refractivity contribution in [1.82, 2.24) is 15.3 Å². The van der Waals surface area contributed by atoms with Crippen molar-refractivity contribution < 1.29 is 9.53 Å². The fourth-order valence-electron chi connectivity index (χ4n) is 3.29. The summed E-state index contributed by atoms with van der Waals surface area (Å²) < 4.78 is 5.88. The Kier molecular flexibility index (Phi) is 6.85. The molecule has 2 aromatic rings. The zero-order valence-corrected chi connectivity index (χ0v) is 17.0. The number of amides is 1. The second-order valence-corrected chi connectivity index (χ2v) is 7.71. The number of ether oxygens (including phenoxy) is 1. The zero-order valence-electron chi connectivity index (χ0n) is 17.0. The maximum absolute atomic E-state index is 12.3. The largest absolute Gasteiger partial charge is 0.439 e. The number of carbonyl (C=O) groups excluding carboxylic acids is 1. The highest BCUT2D eigenvalue weighted by Gasteiger charge is 2.25. The van der Waals surface area contributed by atoms with Crippen LogP contribution < -0.4 is 15.0 Å². The van der Waals surface area contributed by atoms with E-state index in [9.17, 15) is 4.79 Å². The Morgan fingerprint density at radius 3 is 2.57 bits per heavy atom. The van der Waals surface area contributed by atoms with Crippen molar-refractivity contribution in [3.63, 3.8) is 0 Å². The summed E-state index contributed by atoms with van der Waals surface area (Å²) in [5.41, 5.74) is 1.27. The molecular formula is C22H30N4O2. The molecule has 2 heterocycles. The van der Waals surface area contributed by atoms with Crippen LogP contribution in [0.3, 0.4) is 0 Å². The number of aromatic nitrogens is 2. The fraction of sp³-hybridized carbons (Fsp3) is 0.500. The predicted octanol–water partition coefficient (Wildman–Crippen LogP) is 3.82. The number of hydrogen-bond donors (Lipinski definition) is 1. The lowest BCUT2D eigenvalue weighted by Gasteiger charge is -2.32. The van der Waals surface area contributed by atoms with Crippen LogP contribution in [0.2, 0.25) is 0 Å². The third-order valence-corrected chi connectivity index (χ3v) is 5.06. The molecule has 1 amide bonds. The molecule has 6 heteroatoms. The summed E-state index contributed by atoms with van der Waals surface area (Å²) in [6, 6.07) is 9.91. The van der Waals surface area contributed by atoms with Gasteiger partial charge in [0.25, 0.3) is 0 Å². The van der Waals surface area contributed by atoms with E-state index in [1.165, 1.54) is 11.9 Å². The summed E-state index contributed by atoms with van der Waals surface area (Å²) in [6.07, 6.45) is 4.21. The molecule has 0 atom stereocenters. The lowest BCUT2D eigenvalue weighted by atomic mass is 9.95. The summed E-state index contributed by atoms with van der Waals surface area (Å²) in [5, 5.41) is 3.05. The lowest BCUT2D eigenvalue weighted by molar-refractivity contribution is -0.125. The quantitative estimate of drug-likeness (QED) is 0.788. The van der Waals surface area contributed by atoms with Gasteiger partial charge in [0.15, 0.2) is 0 Å². The molecule has 6 nitrogen and oxygen atoms in total. The molecule has 1 aromatic carbocycles. The highest BCUT2D eigenvalue weighted by Crippen LogP contribution is 2.26. The first kappa shape index (κ1) is 20.1. The van der Waals surface area contributed by atoms with Crippen LogP contribution in [0.1, 0.15) is 39.2 Å². The Morgan fingerprint density at radius 2 is 1.93 bits per heavy atom. The summed E-state index contributed by atoms with van der Waals surface area (Å²) in [7, 11) is 0. The predicted molar refractivity (Wildman–Crippen MR) is 111 cm³/mol. The second kappa shape index (κ2) is 9.53. The van der Waals surface area contributed by atoms with Crippen molar-refractivity contribution in [1.29, 1.82) is 0 Å². The number of anilines is 1. The number of nitrogens with one attached hydrogen (secondary N) is 1. The Morgan fingerprint density at radius 1 is 1.21 bits per heavy atom. The molecule has 150 valence electrons. The first-order chi connectivity index (χ1) is 13.5. The molecule has 28 heavy (non-hydrogen) atoms. The van der Waals surface area contributed by atoms with Crippen molar-refractivity contribution >= 4 is 11.7 Å². The van der Waals surface area contributed by atoms with Gasteiger partial charge in [0, 0.05) is 31.6 Å². The van der Waals surface area contributed by atoms with Gasteiger partial charge in [0.1, 0.15) is 17.9 Å². The second-order valence-electron chi connectivity index (χ2n) is 7.71. The van der Waals surface area contributed by atoms with Gasteiger partial charge in [-0.2, -0.15) is 0 Å². The number of nitrogens with zero attached hydrogens (tertiary/aromatic N) is 3. The monoisotopic (exact) mass is 382 g/mol. The van der Waals surface area contributed by atoms with E-state index in [-0.39, 0.29) is 11.8 Å². The van der Waals surface area contributed by atoms with Gasteiger partial charge in [-0.05, 0) is 42.9 Å². The molecule has 0 spiro atoms. The van der Waals surface area contributed by atoms with E-state index in [0.29, 0.717) is 11.8 Å². The van der Waals surface area contributed by atoms with Gasteiger partial charge >= 0.3 is 0 Å². The van der Waals surface area contributed by atoms with Gasteiger partial charge in [0.05, 0.1) is 0 Å². The van der Waals surface area contributed by atoms with Crippen LogP contribution in [0.15, 0.2) is 36.7 Å². The Hall–Kier alpha value is -2.63. The number of carbonyl (C=O) groups is 1. The molecule has 0 saturated carbocycles. The molecule has 3 rings (SSSR count). The zero-order chi connectivity index (χ0) is 19.9. The summed E-state index contributed by atoms with van der Waals surface area (Å²) >= 11 is 0. The number of rotatable bonds is 7. The van der Waals surface area contributed by atoms with Crippen LogP contribution in [0.25, 0.3) is 0 Å². The van der Waals surface area contributed by atoms with Gasteiger partial charge in [0.2, 0.25) is 11.8 Å². The van der Waals surface area contributed by atoms with Crippen molar-refractivity contribution in [2.75, 3.05) is 24.5 Å². The average Bonchev–Trinajstić information content (AvgIpc) is 2.73. The molecule has 0 aliphatic carbocycles. The third kappa shape index (κ3) is 5.44. The van der Waals surface area contributed by atoms with Crippen molar-refractivity contribution in [3.05, 3.63) is 42.2 Å². The van der Waals surface area contributed by atoms with E-state index < -0.39 is 0 Å². The molecule has 0 unspecified atom stereocenters. The van der Waals surface area contributed by atoms with Gasteiger partial charge in [-0.15, -0.1) is 0 Å². The molecule has 1 aliphatic rings. The van der Waals surface area contributed by atoms with Crippen LogP contribution in [-0.4, -0.2) is 35.5 Å². The number of piperidine rings is 1. The van der Waals surface area contributed by atoms with E-state index in [4.69, 9.17) is 4.74 Å². The summed E-state index contributed by atoms with van der Waals surface area (Å²) in [6.45, 7) is 8.70. The topological polar surface area (TPSA) is 67.3 Å². The van der Waals surface area contributed by atoms with Gasteiger partial charge in [-0.1, -0.05) is 32.9 Å². The molecule has 1 fully saturated rings. The van der Waals surface area contributed by atoms with E-state index in [1.54, 1.807) is 0 Å². The van der Waals surface area contributed by atoms with E-state index in [0.717, 1.165) is 50.5 Å². The minimum Gasteiger partial charge on any atom is -0.439 e. The molecule has 1 N–H and O–H groups in total. The van der Waals surface area contributed by atoms with Gasteiger partial charge < -0.3 is 15.0 Å². The van der Waals surface area contributed by atoms with Crippen LogP contribution in [0.4, 0.5) is 5.82 Å². The molecule has 0 radical (unpaired) electrons. The smallest absolute Gasteiger partial charge is 0.224 e. The number of aryl methyl sites for hydroxylation is 1. The molecular weight excluding hydrogens is 352 g/mol. The molecule has 0 bridgehead atoms. The highest BCUT2D eigenvalue weighted by molar-refractivity contribution is 5.78. The summed E-state index contributed by atoms with van der Waals surface area (Å²) in [5.74, 6) is 2.88. The van der Waals surface area contributed by atoms with Crippen LogP contribution in [0, 0.1) is 11.8 Å². The maximum Gasteiger partial charge on any atom is 0.224 e. The van der Waals surface area contributed by atoms with Crippen LogP contribution >= 0.6 is 0 Å². The minimum absolute atomic E-state index is 0.0876. The van der Waals surface area contributed by atoms with Crippen molar-refractivity contribution in [2.45, 2.75) is 40.0 Å². The van der Waals surface area contributed by atoms with Crippen molar-refractivity contribution in [3.8, 4) is 11.6 Å². The maximum atomic E-state index is 12.3.